The van der Waals surface area contributed by atoms with E-state index in [2.05, 4.69) is 64.6 Å². The number of carbonyl (C=O) groups is 5. The highest BCUT2D eigenvalue weighted by Crippen LogP contribution is 2.65. The summed E-state index contributed by atoms with van der Waals surface area (Å²) in [6, 6.07) is -4.62. The van der Waals surface area contributed by atoms with E-state index >= 15 is 0 Å². The molecule has 0 radical (unpaired) electrons. The molecular weight excluding hydrogens is 803 g/mol. The standard InChI is InChI=1S/C46H83BN8O8/c1-10-12-13-14-15-16-17-20-24-50-25-22-39(57)53-35(21-18-19-23-48)42(59)55-40(32(5)56)44(61)51-31(4)41(58)54-36(26-30(3)29-49-11-2)43(60)52-33(6)47-62-38-28-34-27-37(45(34,7)8)46(38,9)63-47/h11,29,31-38,40,50,56H,10,12-28,48H2,1-9H3,(H,51,61)(H,52,60)(H,53,57)(H,54,58)(H,55,59)/b30-29+,49-11-/t31-,32+,33-,34-,35-,36-,37-,38+,40-,46-/m0/s1. The summed E-state index contributed by atoms with van der Waals surface area (Å²) in [7, 11) is -0.664. The molecule has 1 aliphatic heterocycles. The Morgan fingerprint density at radius 3 is 2.13 bits per heavy atom. The summed E-state index contributed by atoms with van der Waals surface area (Å²) in [6.45, 7) is 18.8. The van der Waals surface area contributed by atoms with E-state index in [1.54, 1.807) is 26.3 Å². The molecule has 0 aromatic rings. The van der Waals surface area contributed by atoms with Gasteiger partial charge in [-0.25, -0.2) is 0 Å². The second-order valence-corrected chi connectivity index (χ2v) is 19.1. The average Bonchev–Trinajstić information content (AvgIpc) is 3.60. The lowest BCUT2D eigenvalue weighted by molar-refractivity contribution is -0.199. The van der Waals surface area contributed by atoms with Crippen LogP contribution < -0.4 is 37.6 Å². The number of carbonyl (C=O) groups excluding carboxylic acids is 5. The smallest absolute Gasteiger partial charge is 0.404 e. The summed E-state index contributed by atoms with van der Waals surface area (Å²) < 4.78 is 13.0. The lowest BCUT2D eigenvalue weighted by Crippen LogP contribution is -2.65. The Morgan fingerprint density at radius 2 is 1.49 bits per heavy atom. The normalized spacial score (nSPS) is 24.3. The van der Waals surface area contributed by atoms with Crippen molar-refractivity contribution in [3.63, 3.8) is 0 Å². The molecule has 3 saturated carbocycles. The van der Waals surface area contributed by atoms with Crippen molar-refractivity contribution < 1.29 is 38.4 Å². The maximum absolute atomic E-state index is 13.9. The van der Waals surface area contributed by atoms with Gasteiger partial charge in [-0.2, -0.15) is 0 Å². The first-order valence-corrected chi connectivity index (χ1v) is 24.0. The molecule has 63 heavy (non-hydrogen) atoms. The van der Waals surface area contributed by atoms with Crippen LogP contribution in [-0.2, 0) is 33.3 Å². The monoisotopic (exact) mass is 887 g/mol. The summed E-state index contributed by atoms with van der Waals surface area (Å²) >= 11 is 0. The van der Waals surface area contributed by atoms with Crippen molar-refractivity contribution in [2.45, 2.75) is 207 Å². The Balaban J connectivity index is 1.56. The van der Waals surface area contributed by atoms with Crippen LogP contribution in [0, 0.1) is 17.3 Å². The Hall–Kier alpha value is -3.38. The van der Waals surface area contributed by atoms with Crippen LogP contribution in [0.2, 0.25) is 0 Å². The number of aliphatic imine (C=N–C) groups is 1. The Kier molecular flexibility index (Phi) is 22.7. The lowest BCUT2D eigenvalue weighted by atomic mass is 9.43. The number of unbranched alkanes of at least 4 members (excludes halogenated alkanes) is 8. The predicted molar refractivity (Wildman–Crippen MR) is 248 cm³/mol. The van der Waals surface area contributed by atoms with Gasteiger partial charge in [0.2, 0.25) is 29.5 Å². The summed E-state index contributed by atoms with van der Waals surface area (Å²) in [5.74, 6) is -2.49. The number of hydrogen-bond acceptors (Lipinski definition) is 11. The molecule has 4 rings (SSSR count). The number of nitrogens with one attached hydrogen (secondary N) is 6. The molecule has 5 amide bonds. The Morgan fingerprint density at radius 1 is 0.825 bits per heavy atom. The second kappa shape index (κ2) is 26.6. The van der Waals surface area contributed by atoms with Crippen LogP contribution >= 0.6 is 0 Å². The molecular formula is C46H83BN8O8. The zero-order chi connectivity index (χ0) is 46.7. The number of aliphatic hydroxyl groups excluding tert-OH is 1. The molecule has 1 saturated heterocycles. The molecule has 10 atom stereocenters. The molecule has 4 aliphatic rings. The molecule has 9 N–H and O–H groups in total. The summed E-state index contributed by atoms with van der Waals surface area (Å²) in [5, 5.41) is 27.7. The van der Waals surface area contributed by atoms with Crippen LogP contribution in [-0.4, -0.2) is 116 Å². The van der Waals surface area contributed by atoms with Gasteiger partial charge in [0.1, 0.15) is 24.2 Å². The number of nitrogens with zero attached hydrogens (tertiary/aromatic N) is 1. The molecule has 16 nitrogen and oxygen atoms in total. The minimum atomic E-state index is -1.44. The molecule has 1 heterocycles. The minimum Gasteiger partial charge on any atom is -0.404 e. The van der Waals surface area contributed by atoms with Crippen molar-refractivity contribution >= 4 is 42.9 Å². The Bertz CT molecular complexity index is 1550. The maximum Gasteiger partial charge on any atom is 0.481 e. The van der Waals surface area contributed by atoms with Gasteiger partial charge in [0, 0.05) is 25.4 Å². The van der Waals surface area contributed by atoms with Crippen LogP contribution in [0.1, 0.15) is 159 Å². The van der Waals surface area contributed by atoms with Crippen LogP contribution in [0.4, 0.5) is 0 Å². The molecule has 0 unspecified atom stereocenters. The molecule has 4 fully saturated rings. The molecule has 0 aromatic carbocycles. The number of nitrogens with two attached hydrogens (primary N) is 1. The van der Waals surface area contributed by atoms with E-state index in [0.717, 1.165) is 37.8 Å². The minimum absolute atomic E-state index is 0.0617. The van der Waals surface area contributed by atoms with E-state index in [1.807, 2.05) is 6.92 Å². The van der Waals surface area contributed by atoms with Gasteiger partial charge in [-0.05, 0) is 117 Å². The van der Waals surface area contributed by atoms with Crippen molar-refractivity contribution in [3.8, 4) is 0 Å². The third-order valence-corrected chi connectivity index (χ3v) is 13.5. The van der Waals surface area contributed by atoms with Crippen LogP contribution in [0.5, 0.6) is 0 Å². The van der Waals surface area contributed by atoms with Gasteiger partial charge in [-0.15, -0.1) is 0 Å². The van der Waals surface area contributed by atoms with E-state index in [-0.39, 0.29) is 36.7 Å². The zero-order valence-corrected chi connectivity index (χ0v) is 40.0. The largest absolute Gasteiger partial charge is 0.481 e. The van der Waals surface area contributed by atoms with Gasteiger partial charge in [0.15, 0.2) is 0 Å². The molecule has 358 valence electrons. The highest BCUT2D eigenvalue weighted by Gasteiger charge is 2.68. The van der Waals surface area contributed by atoms with Crippen LogP contribution in [0.15, 0.2) is 16.8 Å². The zero-order valence-electron chi connectivity index (χ0n) is 40.0. The third-order valence-electron chi connectivity index (χ3n) is 13.5. The number of aliphatic hydroxyl groups is 1. The van der Waals surface area contributed by atoms with Gasteiger partial charge in [-0.1, -0.05) is 71.3 Å². The maximum atomic E-state index is 13.9. The fraction of sp³-hybridized carbons (Fsp3) is 0.826. The van der Waals surface area contributed by atoms with Gasteiger partial charge in [0.05, 0.1) is 23.8 Å². The van der Waals surface area contributed by atoms with Crippen molar-refractivity contribution in [1.29, 1.82) is 0 Å². The van der Waals surface area contributed by atoms with E-state index in [4.69, 9.17) is 15.0 Å². The van der Waals surface area contributed by atoms with Crippen molar-refractivity contribution in [1.82, 2.24) is 31.9 Å². The van der Waals surface area contributed by atoms with Gasteiger partial charge in [0.25, 0.3) is 0 Å². The molecule has 0 aromatic heterocycles. The molecule has 2 bridgehead atoms. The van der Waals surface area contributed by atoms with Gasteiger partial charge >= 0.3 is 7.12 Å². The number of amides is 5. The SMILES string of the molecule is C/C=N\C=C(/C)C[C@H](NC(=O)[C@H](C)NC(=O)[C@@H](NC(=O)[C@H](CCCCN)NC(=O)CCNCCCCCCCCCC)[C@@H](C)O)C(=O)N[C@@H](C)B1O[C@@H]2C[C@@H]3C[C@@H](C3(C)C)[C@]2(C)O1. The van der Waals surface area contributed by atoms with Crippen molar-refractivity contribution in [3.05, 3.63) is 11.8 Å². The average molecular weight is 887 g/mol. The van der Waals surface area contributed by atoms with Crippen LogP contribution in [0.3, 0.4) is 0 Å². The number of hydrogen-bond donors (Lipinski definition) is 8. The Labute approximate surface area is 378 Å². The summed E-state index contributed by atoms with van der Waals surface area (Å²) in [4.78, 5) is 71.7. The number of rotatable bonds is 30. The molecule has 3 aliphatic carbocycles. The van der Waals surface area contributed by atoms with Gasteiger partial charge < -0.3 is 52.0 Å². The van der Waals surface area contributed by atoms with Crippen molar-refractivity contribution in [2.24, 2.45) is 28.0 Å². The van der Waals surface area contributed by atoms with Crippen molar-refractivity contribution in [2.75, 3.05) is 19.6 Å². The topological polar surface area (TPSA) is 235 Å². The van der Waals surface area contributed by atoms with E-state index < -0.39 is 72.6 Å². The van der Waals surface area contributed by atoms with E-state index in [9.17, 15) is 29.1 Å². The molecule has 17 heteroatoms. The first-order chi connectivity index (χ1) is 29.9. The third kappa shape index (κ3) is 16.2. The second-order valence-electron chi connectivity index (χ2n) is 19.1. The summed E-state index contributed by atoms with van der Waals surface area (Å²) in [6.07, 6.45) is 15.4. The lowest BCUT2D eigenvalue weighted by Gasteiger charge is -2.64. The quantitative estimate of drug-likeness (QED) is 0.0296. The van der Waals surface area contributed by atoms with E-state index in [0.29, 0.717) is 37.8 Å². The summed E-state index contributed by atoms with van der Waals surface area (Å²) in [5.41, 5.74) is 6.13. The highest BCUT2D eigenvalue weighted by molar-refractivity contribution is 6.47. The highest BCUT2D eigenvalue weighted by atomic mass is 16.7. The fourth-order valence-electron chi connectivity index (χ4n) is 9.36. The van der Waals surface area contributed by atoms with Crippen LogP contribution in [0.25, 0.3) is 0 Å². The first kappa shape index (κ1) is 54.0. The van der Waals surface area contributed by atoms with E-state index in [1.165, 1.54) is 52.4 Å². The first-order valence-electron chi connectivity index (χ1n) is 24.0. The fourth-order valence-corrected chi connectivity index (χ4v) is 9.36. The predicted octanol–water partition coefficient (Wildman–Crippen LogP) is 3.73. The van der Waals surface area contributed by atoms with Gasteiger partial charge in [-0.3, -0.25) is 29.0 Å². The molecule has 0 spiro atoms.